The second-order valence-corrected chi connectivity index (χ2v) is 9.47. The molecule has 3 amide bonds. The fourth-order valence-corrected chi connectivity index (χ4v) is 4.16. The van der Waals surface area contributed by atoms with Gasteiger partial charge in [-0.1, -0.05) is 19.1 Å². The van der Waals surface area contributed by atoms with Crippen molar-refractivity contribution < 1.29 is 23.5 Å². The Morgan fingerprint density at radius 2 is 1.75 bits per heavy atom. The molecule has 9 nitrogen and oxygen atoms in total. The number of hydrogen-bond acceptors (Lipinski definition) is 7. The number of ether oxygens (including phenoxy) is 1. The van der Waals surface area contributed by atoms with E-state index in [4.69, 9.17) is 16.2 Å². The minimum atomic E-state index is -1.21. The summed E-state index contributed by atoms with van der Waals surface area (Å²) in [6, 6.07) is 10.6. The van der Waals surface area contributed by atoms with Gasteiger partial charge in [-0.05, 0) is 73.8 Å². The van der Waals surface area contributed by atoms with Gasteiger partial charge < -0.3 is 21.5 Å². The van der Waals surface area contributed by atoms with Crippen LogP contribution in [0.4, 0.5) is 15.8 Å². The highest BCUT2D eigenvalue weighted by Gasteiger charge is 2.37. The monoisotopic (exact) mass is 513 g/mol. The number of methoxy groups -OCH3 is 1. The lowest BCUT2D eigenvalue weighted by Gasteiger charge is -2.34. The van der Waals surface area contributed by atoms with E-state index < -0.39 is 35.1 Å². The molecule has 0 aliphatic rings. The van der Waals surface area contributed by atoms with E-state index in [1.165, 1.54) is 36.3 Å². The standard InChI is InChI=1S/C25H28FN5O4S/c1-5-25(2,3)29-23(33)20(14-6-8-15(26)9-7-14)31(16-10-12-17(35-4)13-11-16)24(34)21-18(27)19(22(28)32)30-36-21/h6-13,20H,5,27H2,1-4H3,(H2,28,32)(H,29,33)/t20-/m0/s1. The molecule has 190 valence electrons. The van der Waals surface area contributed by atoms with E-state index in [2.05, 4.69) is 9.69 Å². The van der Waals surface area contributed by atoms with Crippen molar-refractivity contribution in [3.63, 3.8) is 0 Å². The van der Waals surface area contributed by atoms with Gasteiger partial charge in [0, 0.05) is 11.2 Å². The molecule has 0 spiro atoms. The molecule has 1 heterocycles. The summed E-state index contributed by atoms with van der Waals surface area (Å²) in [4.78, 5) is 40.6. The Hall–Kier alpha value is -3.99. The normalized spacial score (nSPS) is 12.0. The zero-order valence-corrected chi connectivity index (χ0v) is 21.2. The number of aromatic nitrogens is 1. The first kappa shape index (κ1) is 26.6. The van der Waals surface area contributed by atoms with Gasteiger partial charge in [0.05, 0.1) is 12.8 Å². The number of nitrogens with one attached hydrogen (secondary N) is 1. The molecule has 1 atom stereocenters. The topological polar surface area (TPSA) is 141 Å². The summed E-state index contributed by atoms with van der Waals surface area (Å²) in [5.74, 6) is -2.00. The van der Waals surface area contributed by atoms with Crippen molar-refractivity contribution >= 4 is 40.6 Å². The Bertz CT molecular complexity index is 1260. The maximum absolute atomic E-state index is 14.0. The average molecular weight is 514 g/mol. The van der Waals surface area contributed by atoms with Crippen molar-refractivity contribution in [1.29, 1.82) is 0 Å². The Balaban J connectivity index is 2.22. The first-order chi connectivity index (χ1) is 17.0. The molecule has 2 aromatic carbocycles. The quantitative estimate of drug-likeness (QED) is 0.399. The number of nitrogen functional groups attached to an aromatic ring is 1. The summed E-state index contributed by atoms with van der Waals surface area (Å²) in [5, 5.41) is 2.97. The third kappa shape index (κ3) is 5.62. The van der Waals surface area contributed by atoms with E-state index in [9.17, 15) is 18.8 Å². The molecule has 5 N–H and O–H groups in total. The molecule has 0 saturated heterocycles. The van der Waals surface area contributed by atoms with Crippen LogP contribution < -0.4 is 26.4 Å². The van der Waals surface area contributed by atoms with Crippen LogP contribution in [0.2, 0.25) is 0 Å². The van der Waals surface area contributed by atoms with Gasteiger partial charge in [0.1, 0.15) is 22.5 Å². The molecule has 0 fully saturated rings. The van der Waals surface area contributed by atoms with Crippen molar-refractivity contribution in [2.45, 2.75) is 38.8 Å². The number of carbonyl (C=O) groups is 3. The zero-order valence-electron chi connectivity index (χ0n) is 20.4. The van der Waals surface area contributed by atoms with Crippen molar-refractivity contribution in [1.82, 2.24) is 9.69 Å². The Morgan fingerprint density at radius 3 is 2.25 bits per heavy atom. The van der Waals surface area contributed by atoms with Gasteiger partial charge >= 0.3 is 0 Å². The Morgan fingerprint density at radius 1 is 1.14 bits per heavy atom. The number of benzene rings is 2. The van der Waals surface area contributed by atoms with Gasteiger partial charge in [-0.25, -0.2) is 4.39 Å². The SMILES string of the molecule is CCC(C)(C)NC(=O)[C@H](c1ccc(F)cc1)N(C(=O)c1snc(C(N)=O)c1N)c1ccc(OC)cc1. The van der Waals surface area contributed by atoms with Crippen molar-refractivity contribution in [3.05, 3.63) is 70.5 Å². The molecule has 0 aliphatic heterocycles. The minimum absolute atomic E-state index is 0.0609. The first-order valence-electron chi connectivity index (χ1n) is 11.1. The first-order valence-corrected chi connectivity index (χ1v) is 11.9. The third-order valence-electron chi connectivity index (χ3n) is 5.76. The molecule has 36 heavy (non-hydrogen) atoms. The molecule has 0 aliphatic carbocycles. The number of hydrogen-bond donors (Lipinski definition) is 3. The van der Waals surface area contributed by atoms with Crippen LogP contribution in [0.3, 0.4) is 0 Å². The number of anilines is 2. The van der Waals surface area contributed by atoms with Crippen LogP contribution in [0.5, 0.6) is 5.75 Å². The van der Waals surface area contributed by atoms with E-state index in [-0.39, 0.29) is 16.3 Å². The van der Waals surface area contributed by atoms with Crippen LogP contribution in [-0.4, -0.2) is 34.7 Å². The lowest BCUT2D eigenvalue weighted by atomic mass is 9.98. The third-order valence-corrected chi connectivity index (χ3v) is 6.61. The lowest BCUT2D eigenvalue weighted by molar-refractivity contribution is -0.124. The number of carbonyl (C=O) groups excluding carboxylic acids is 3. The molecule has 0 saturated carbocycles. The van der Waals surface area contributed by atoms with Crippen LogP contribution in [0.1, 0.15) is 59.0 Å². The summed E-state index contributed by atoms with van der Waals surface area (Å²) in [6.45, 7) is 5.63. The van der Waals surface area contributed by atoms with Crippen molar-refractivity contribution in [2.24, 2.45) is 5.73 Å². The van der Waals surface area contributed by atoms with E-state index in [0.29, 0.717) is 35.0 Å². The second-order valence-electron chi connectivity index (χ2n) is 8.69. The number of amides is 3. The van der Waals surface area contributed by atoms with Crippen LogP contribution >= 0.6 is 11.5 Å². The zero-order chi connectivity index (χ0) is 26.6. The van der Waals surface area contributed by atoms with Gasteiger partial charge in [0.25, 0.3) is 11.8 Å². The van der Waals surface area contributed by atoms with Gasteiger partial charge in [-0.3, -0.25) is 19.3 Å². The second kappa shape index (κ2) is 10.7. The van der Waals surface area contributed by atoms with E-state index in [0.717, 1.165) is 0 Å². The Kier molecular flexibility index (Phi) is 7.93. The lowest BCUT2D eigenvalue weighted by Crippen LogP contribution is -2.50. The largest absolute Gasteiger partial charge is 0.497 e. The maximum atomic E-state index is 14.0. The number of halogens is 1. The van der Waals surface area contributed by atoms with Crippen LogP contribution in [0.25, 0.3) is 0 Å². The molecule has 0 bridgehead atoms. The summed E-state index contributed by atoms with van der Waals surface area (Å²) in [7, 11) is 1.50. The van der Waals surface area contributed by atoms with Crippen molar-refractivity contribution in [2.75, 3.05) is 17.7 Å². The average Bonchev–Trinajstić information content (AvgIpc) is 3.24. The predicted octanol–water partition coefficient (Wildman–Crippen LogP) is 3.66. The highest BCUT2D eigenvalue weighted by atomic mass is 32.1. The van der Waals surface area contributed by atoms with Gasteiger partial charge in [0.15, 0.2) is 5.69 Å². The highest BCUT2D eigenvalue weighted by molar-refractivity contribution is 7.09. The minimum Gasteiger partial charge on any atom is -0.497 e. The fourth-order valence-electron chi connectivity index (χ4n) is 3.42. The number of nitrogens with two attached hydrogens (primary N) is 2. The predicted molar refractivity (Wildman–Crippen MR) is 137 cm³/mol. The molecule has 3 rings (SSSR count). The van der Waals surface area contributed by atoms with Gasteiger partial charge in [-0.15, -0.1) is 0 Å². The summed E-state index contributed by atoms with van der Waals surface area (Å²) >= 11 is 0.704. The number of nitrogens with zero attached hydrogens (tertiary/aromatic N) is 2. The smallest absolute Gasteiger partial charge is 0.273 e. The number of rotatable bonds is 9. The van der Waals surface area contributed by atoms with E-state index >= 15 is 0 Å². The number of primary amides is 1. The maximum Gasteiger partial charge on any atom is 0.273 e. The van der Waals surface area contributed by atoms with Gasteiger partial charge in [-0.2, -0.15) is 4.37 Å². The van der Waals surface area contributed by atoms with Gasteiger partial charge in [0.2, 0.25) is 5.91 Å². The fraction of sp³-hybridized carbons (Fsp3) is 0.280. The molecule has 0 radical (unpaired) electrons. The van der Waals surface area contributed by atoms with Crippen LogP contribution in [0, 0.1) is 5.82 Å². The van der Waals surface area contributed by atoms with E-state index in [1.807, 2.05) is 20.8 Å². The molecule has 3 aromatic rings. The molecular formula is C25H28FN5O4S. The summed E-state index contributed by atoms with van der Waals surface area (Å²) < 4.78 is 22.9. The van der Waals surface area contributed by atoms with Crippen LogP contribution in [-0.2, 0) is 4.79 Å². The molecular weight excluding hydrogens is 485 g/mol. The molecule has 0 unspecified atom stereocenters. The summed E-state index contributed by atoms with van der Waals surface area (Å²) in [6.07, 6.45) is 0.620. The molecule has 1 aromatic heterocycles. The van der Waals surface area contributed by atoms with E-state index in [1.54, 1.807) is 24.3 Å². The van der Waals surface area contributed by atoms with Crippen molar-refractivity contribution in [3.8, 4) is 5.75 Å². The molecule has 11 heteroatoms. The van der Waals surface area contributed by atoms with Crippen LogP contribution in [0.15, 0.2) is 48.5 Å². The summed E-state index contributed by atoms with van der Waals surface area (Å²) in [5.41, 5.74) is 11.1. The Labute approximate surface area is 212 Å². The highest BCUT2D eigenvalue weighted by Crippen LogP contribution is 2.34.